The summed E-state index contributed by atoms with van der Waals surface area (Å²) < 4.78 is 38.7. The van der Waals surface area contributed by atoms with Crippen molar-refractivity contribution in [2.75, 3.05) is 30.0 Å². The first-order valence-corrected chi connectivity index (χ1v) is 8.37. The van der Waals surface area contributed by atoms with Gasteiger partial charge in [-0.05, 0) is 24.3 Å². The van der Waals surface area contributed by atoms with Crippen molar-refractivity contribution in [2.24, 2.45) is 0 Å². The number of fused-ring (bicyclic) bond motifs is 1. The fourth-order valence-corrected chi connectivity index (χ4v) is 2.73. The van der Waals surface area contributed by atoms with Crippen LogP contribution in [0.25, 0.3) is 0 Å². The number of anilines is 2. The average Bonchev–Trinajstić information content (AvgIpc) is 2.63. The molecule has 0 spiro atoms. The molecule has 0 saturated carbocycles. The maximum absolute atomic E-state index is 13.9. The highest BCUT2D eigenvalue weighted by Crippen LogP contribution is 2.32. The molecule has 0 atom stereocenters. The van der Waals surface area contributed by atoms with Crippen molar-refractivity contribution in [1.82, 2.24) is 0 Å². The number of hydrogen-bond acceptors (Lipinski definition) is 4. The van der Waals surface area contributed by atoms with E-state index in [2.05, 4.69) is 5.32 Å². The van der Waals surface area contributed by atoms with E-state index in [0.29, 0.717) is 30.4 Å². The summed E-state index contributed by atoms with van der Waals surface area (Å²) in [5.41, 5.74) is 0.0350. The van der Waals surface area contributed by atoms with Crippen LogP contribution in [0.4, 0.5) is 20.2 Å². The number of rotatable bonds is 5. The van der Waals surface area contributed by atoms with Crippen molar-refractivity contribution in [3.8, 4) is 11.5 Å². The Labute approximate surface area is 154 Å². The molecule has 1 aliphatic heterocycles. The second kappa shape index (κ2) is 8.03. The maximum atomic E-state index is 13.9. The molecule has 8 heteroatoms. The summed E-state index contributed by atoms with van der Waals surface area (Å²) in [5.74, 6) is -1.58. The monoisotopic (exact) mass is 376 g/mol. The number of nitrogens with one attached hydrogen (secondary N) is 1. The zero-order valence-electron chi connectivity index (χ0n) is 14.6. The van der Waals surface area contributed by atoms with Gasteiger partial charge in [-0.15, -0.1) is 0 Å². The summed E-state index contributed by atoms with van der Waals surface area (Å²) in [4.78, 5) is 24.9. The van der Waals surface area contributed by atoms with Crippen LogP contribution in [0, 0.1) is 11.6 Å². The average molecular weight is 376 g/mol. The predicted molar refractivity (Wildman–Crippen MR) is 95.1 cm³/mol. The quantitative estimate of drug-likeness (QED) is 0.871. The number of hydrogen-bond donors (Lipinski definition) is 1. The molecule has 2 aromatic rings. The van der Waals surface area contributed by atoms with Gasteiger partial charge in [-0.25, -0.2) is 8.78 Å². The Bertz CT molecular complexity index is 853. The van der Waals surface area contributed by atoms with E-state index in [0.717, 1.165) is 17.0 Å². The van der Waals surface area contributed by atoms with Crippen LogP contribution in [0.15, 0.2) is 36.4 Å². The van der Waals surface area contributed by atoms with Gasteiger partial charge in [0.1, 0.15) is 30.5 Å². The summed E-state index contributed by atoms with van der Waals surface area (Å²) in [7, 11) is 0. The lowest BCUT2D eigenvalue weighted by Crippen LogP contribution is -2.33. The molecule has 0 aliphatic carbocycles. The van der Waals surface area contributed by atoms with Crippen LogP contribution >= 0.6 is 0 Å². The molecule has 142 valence electrons. The number of benzene rings is 2. The number of carbonyl (C=O) groups excluding carboxylic acids is 2. The van der Waals surface area contributed by atoms with Crippen molar-refractivity contribution in [1.29, 1.82) is 0 Å². The van der Waals surface area contributed by atoms with Crippen molar-refractivity contribution in [3.05, 3.63) is 48.0 Å². The molecule has 2 aromatic carbocycles. The van der Waals surface area contributed by atoms with E-state index in [-0.39, 0.29) is 13.0 Å². The highest BCUT2D eigenvalue weighted by Gasteiger charge is 2.21. The molecule has 0 aromatic heterocycles. The number of para-hydroxylation sites is 1. The van der Waals surface area contributed by atoms with Crippen LogP contribution in [0.3, 0.4) is 0 Å². The van der Waals surface area contributed by atoms with Gasteiger partial charge in [0.2, 0.25) is 11.8 Å². The zero-order chi connectivity index (χ0) is 19.4. The van der Waals surface area contributed by atoms with Gasteiger partial charge in [0, 0.05) is 31.6 Å². The summed E-state index contributed by atoms with van der Waals surface area (Å²) >= 11 is 0. The first-order chi connectivity index (χ1) is 13.0. The minimum Gasteiger partial charge on any atom is -0.486 e. The fourth-order valence-electron chi connectivity index (χ4n) is 2.73. The largest absolute Gasteiger partial charge is 0.486 e. The van der Waals surface area contributed by atoms with E-state index in [1.807, 2.05) is 0 Å². The highest BCUT2D eigenvalue weighted by molar-refractivity contribution is 5.95. The molecular weight excluding hydrogens is 358 g/mol. The Balaban J connectivity index is 1.66. The van der Waals surface area contributed by atoms with Gasteiger partial charge in [0.15, 0.2) is 11.5 Å². The Hall–Kier alpha value is -3.16. The third-order valence-electron chi connectivity index (χ3n) is 3.98. The van der Waals surface area contributed by atoms with E-state index in [9.17, 15) is 18.4 Å². The number of nitrogens with zero attached hydrogens (tertiary/aromatic N) is 1. The molecular formula is C19H18F2N2O4. The summed E-state index contributed by atoms with van der Waals surface area (Å²) in [6, 6.07) is 8.30. The van der Waals surface area contributed by atoms with E-state index >= 15 is 0 Å². The Morgan fingerprint density at radius 3 is 2.41 bits per heavy atom. The molecule has 0 bridgehead atoms. The van der Waals surface area contributed by atoms with Crippen molar-refractivity contribution >= 4 is 23.2 Å². The van der Waals surface area contributed by atoms with Gasteiger partial charge in [0.05, 0.1) is 0 Å². The third-order valence-corrected chi connectivity index (χ3v) is 3.98. The molecule has 2 amide bonds. The molecule has 6 nitrogen and oxygen atoms in total. The minimum atomic E-state index is -0.863. The van der Waals surface area contributed by atoms with Crippen LogP contribution in [0.2, 0.25) is 0 Å². The topological polar surface area (TPSA) is 67.9 Å². The molecule has 27 heavy (non-hydrogen) atoms. The Kier molecular flexibility index (Phi) is 5.54. The summed E-state index contributed by atoms with van der Waals surface area (Å²) in [6.07, 6.45) is -0.137. The van der Waals surface area contributed by atoms with Crippen molar-refractivity contribution < 1.29 is 27.8 Å². The predicted octanol–water partition coefficient (Wildman–Crippen LogP) is 3.12. The lowest BCUT2D eigenvalue weighted by molar-refractivity contribution is -0.117. The maximum Gasteiger partial charge on any atom is 0.226 e. The normalized spacial score (nSPS) is 12.4. The molecule has 0 fully saturated rings. The molecule has 1 N–H and O–H groups in total. The smallest absolute Gasteiger partial charge is 0.226 e. The van der Waals surface area contributed by atoms with Gasteiger partial charge in [0.25, 0.3) is 0 Å². The molecule has 0 radical (unpaired) electrons. The number of amides is 2. The van der Waals surface area contributed by atoms with E-state index in [4.69, 9.17) is 9.47 Å². The number of ether oxygens (including phenoxy) is 2. The van der Waals surface area contributed by atoms with E-state index < -0.39 is 29.1 Å². The zero-order valence-corrected chi connectivity index (χ0v) is 14.6. The second-order valence-electron chi connectivity index (χ2n) is 5.90. The highest BCUT2D eigenvalue weighted by atomic mass is 19.1. The SMILES string of the molecule is CC(=O)N(CCC(=O)Nc1ccc2c(c1)OCCO2)c1c(F)cccc1F. The third kappa shape index (κ3) is 4.33. The van der Waals surface area contributed by atoms with Crippen molar-refractivity contribution in [2.45, 2.75) is 13.3 Å². The van der Waals surface area contributed by atoms with Gasteiger partial charge in [-0.2, -0.15) is 0 Å². The van der Waals surface area contributed by atoms with Crippen LogP contribution < -0.4 is 19.7 Å². The lowest BCUT2D eigenvalue weighted by atomic mass is 10.2. The van der Waals surface area contributed by atoms with E-state index in [1.54, 1.807) is 18.2 Å². The van der Waals surface area contributed by atoms with Gasteiger partial charge in [-0.3, -0.25) is 9.59 Å². The van der Waals surface area contributed by atoms with Crippen LogP contribution in [-0.2, 0) is 9.59 Å². The van der Waals surface area contributed by atoms with Crippen LogP contribution in [-0.4, -0.2) is 31.6 Å². The second-order valence-corrected chi connectivity index (χ2v) is 5.90. The summed E-state index contributed by atoms with van der Waals surface area (Å²) in [6.45, 7) is 1.91. The lowest BCUT2D eigenvalue weighted by Gasteiger charge is -2.22. The molecule has 1 aliphatic rings. The Morgan fingerprint density at radius 1 is 1.07 bits per heavy atom. The van der Waals surface area contributed by atoms with Gasteiger partial charge >= 0.3 is 0 Å². The number of halogens is 2. The molecule has 3 rings (SSSR count). The van der Waals surface area contributed by atoms with Crippen LogP contribution in [0.1, 0.15) is 13.3 Å². The first-order valence-electron chi connectivity index (χ1n) is 8.37. The number of carbonyl (C=O) groups is 2. The van der Waals surface area contributed by atoms with Gasteiger partial charge < -0.3 is 19.7 Å². The first kappa shape index (κ1) is 18.6. The van der Waals surface area contributed by atoms with Gasteiger partial charge in [-0.1, -0.05) is 6.07 Å². The fraction of sp³-hybridized carbons (Fsp3) is 0.263. The van der Waals surface area contributed by atoms with Crippen LogP contribution in [0.5, 0.6) is 11.5 Å². The Morgan fingerprint density at radius 2 is 1.74 bits per heavy atom. The molecule has 1 heterocycles. The minimum absolute atomic E-state index is 0.137. The summed E-state index contributed by atoms with van der Waals surface area (Å²) in [5, 5.41) is 2.67. The van der Waals surface area contributed by atoms with Crippen molar-refractivity contribution in [3.63, 3.8) is 0 Å². The molecule has 0 unspecified atom stereocenters. The standard InChI is InChI=1S/C19H18F2N2O4/c1-12(24)23(19-14(20)3-2-4-15(19)21)8-7-18(25)22-13-5-6-16-17(11-13)27-10-9-26-16/h2-6,11H,7-10H2,1H3,(H,22,25). The van der Waals surface area contributed by atoms with E-state index in [1.165, 1.54) is 13.0 Å². The molecule has 0 saturated heterocycles.